The number of carbonyl (C=O) groups excluding carboxylic acids is 2. The van der Waals surface area contributed by atoms with E-state index in [0.717, 1.165) is 18.5 Å². The number of imidazole rings is 1. The molecule has 0 bridgehead atoms. The molecular formula is C24H26N4O3. The van der Waals surface area contributed by atoms with Crippen molar-refractivity contribution in [2.75, 3.05) is 27.2 Å². The van der Waals surface area contributed by atoms with Crippen molar-refractivity contribution in [2.45, 2.75) is 19.4 Å². The van der Waals surface area contributed by atoms with Gasteiger partial charge in [0.1, 0.15) is 11.3 Å². The number of aliphatic hydroxyl groups excluding tert-OH is 1. The molecule has 0 saturated carbocycles. The molecule has 4 rings (SSSR count). The third-order valence-corrected chi connectivity index (χ3v) is 5.59. The van der Waals surface area contributed by atoms with Crippen LogP contribution in [0.25, 0.3) is 11.4 Å². The van der Waals surface area contributed by atoms with E-state index in [1.54, 1.807) is 22.4 Å². The van der Waals surface area contributed by atoms with E-state index in [4.69, 9.17) is 0 Å². The van der Waals surface area contributed by atoms with Crippen molar-refractivity contribution < 1.29 is 14.7 Å². The second-order valence-corrected chi connectivity index (χ2v) is 8.03. The fourth-order valence-electron chi connectivity index (χ4n) is 4.18. The SMILES string of the molecule is Cc1nc2ccccn2c1C(O)=C1C(=O)C(=O)N(CCCN(C)C)C1c1ccccc1. The van der Waals surface area contributed by atoms with Crippen LogP contribution >= 0.6 is 0 Å². The Kier molecular flexibility index (Phi) is 5.61. The van der Waals surface area contributed by atoms with E-state index < -0.39 is 17.7 Å². The summed E-state index contributed by atoms with van der Waals surface area (Å²) in [7, 11) is 3.94. The number of nitrogens with zero attached hydrogens (tertiary/aromatic N) is 4. The molecule has 7 heteroatoms. The predicted molar refractivity (Wildman–Crippen MR) is 119 cm³/mol. The predicted octanol–water partition coefficient (Wildman–Crippen LogP) is 3.02. The first-order chi connectivity index (χ1) is 14.9. The van der Waals surface area contributed by atoms with Crippen molar-refractivity contribution in [3.05, 3.63) is 77.3 Å². The Balaban J connectivity index is 1.86. The van der Waals surface area contributed by atoms with Crippen molar-refractivity contribution in [1.29, 1.82) is 0 Å². The van der Waals surface area contributed by atoms with E-state index in [-0.39, 0.29) is 11.3 Å². The van der Waals surface area contributed by atoms with Gasteiger partial charge in [0.15, 0.2) is 5.76 Å². The second-order valence-electron chi connectivity index (χ2n) is 8.03. The van der Waals surface area contributed by atoms with Crippen LogP contribution in [0.15, 0.2) is 60.3 Å². The van der Waals surface area contributed by atoms with Crippen molar-refractivity contribution in [2.24, 2.45) is 0 Å². The van der Waals surface area contributed by atoms with Gasteiger partial charge in [-0.3, -0.25) is 14.0 Å². The molecule has 1 N–H and O–H groups in total. The third-order valence-electron chi connectivity index (χ3n) is 5.59. The van der Waals surface area contributed by atoms with Crippen molar-refractivity contribution in [3.8, 4) is 0 Å². The maximum absolute atomic E-state index is 13.1. The molecule has 0 radical (unpaired) electrons. The zero-order valence-corrected chi connectivity index (χ0v) is 17.9. The van der Waals surface area contributed by atoms with Gasteiger partial charge in [-0.05, 0) is 51.7 Å². The number of fused-ring (bicyclic) bond motifs is 1. The first-order valence-electron chi connectivity index (χ1n) is 10.3. The Morgan fingerprint density at radius 3 is 2.52 bits per heavy atom. The first-order valence-corrected chi connectivity index (χ1v) is 10.3. The molecule has 7 nitrogen and oxygen atoms in total. The average Bonchev–Trinajstić information content (AvgIpc) is 3.22. The van der Waals surface area contributed by atoms with Crippen LogP contribution < -0.4 is 0 Å². The number of hydrogen-bond donors (Lipinski definition) is 1. The number of benzene rings is 1. The Morgan fingerprint density at radius 1 is 1.10 bits per heavy atom. The van der Waals surface area contributed by atoms with Gasteiger partial charge in [-0.1, -0.05) is 36.4 Å². The van der Waals surface area contributed by atoms with Gasteiger partial charge in [0.25, 0.3) is 11.7 Å². The summed E-state index contributed by atoms with van der Waals surface area (Å²) in [5.74, 6) is -1.44. The second kappa shape index (κ2) is 8.35. The zero-order chi connectivity index (χ0) is 22.1. The van der Waals surface area contributed by atoms with Gasteiger partial charge in [-0.25, -0.2) is 4.98 Å². The highest BCUT2D eigenvalue weighted by molar-refractivity contribution is 6.46. The number of aliphatic hydroxyl groups is 1. The summed E-state index contributed by atoms with van der Waals surface area (Å²) in [5, 5.41) is 11.4. The highest BCUT2D eigenvalue weighted by Gasteiger charge is 2.46. The summed E-state index contributed by atoms with van der Waals surface area (Å²) in [5.41, 5.74) is 2.59. The number of rotatable bonds is 6. The summed E-state index contributed by atoms with van der Waals surface area (Å²) in [6.07, 6.45) is 2.51. The molecule has 160 valence electrons. The van der Waals surface area contributed by atoms with E-state index >= 15 is 0 Å². The number of Topliss-reactive ketones (excluding diaryl/α,β-unsaturated/α-hetero) is 1. The quantitative estimate of drug-likeness (QED) is 0.378. The monoisotopic (exact) mass is 418 g/mol. The summed E-state index contributed by atoms with van der Waals surface area (Å²) in [4.78, 5) is 34.2. The highest BCUT2D eigenvalue weighted by atomic mass is 16.3. The van der Waals surface area contributed by atoms with Crippen LogP contribution in [0.5, 0.6) is 0 Å². The largest absolute Gasteiger partial charge is 0.505 e. The minimum Gasteiger partial charge on any atom is -0.505 e. The molecule has 1 atom stereocenters. The van der Waals surface area contributed by atoms with Gasteiger partial charge >= 0.3 is 0 Å². The number of likely N-dealkylation sites (tertiary alicyclic amines) is 1. The minimum atomic E-state index is -0.665. The van der Waals surface area contributed by atoms with Crippen molar-refractivity contribution >= 4 is 23.1 Å². The molecule has 3 heterocycles. The third kappa shape index (κ3) is 3.72. The lowest BCUT2D eigenvalue weighted by Crippen LogP contribution is -2.32. The topological polar surface area (TPSA) is 78.1 Å². The Hall–Kier alpha value is -3.45. The van der Waals surface area contributed by atoms with Gasteiger partial charge in [-0.2, -0.15) is 0 Å². The van der Waals surface area contributed by atoms with Crippen LogP contribution in [0.4, 0.5) is 0 Å². The Labute approximate surface area is 181 Å². The molecule has 2 aromatic heterocycles. The number of amides is 1. The number of aryl methyl sites for hydroxylation is 1. The molecule has 1 amide bonds. The lowest BCUT2D eigenvalue weighted by Gasteiger charge is -2.26. The number of pyridine rings is 1. The highest BCUT2D eigenvalue weighted by Crippen LogP contribution is 2.39. The molecule has 0 aliphatic carbocycles. The maximum Gasteiger partial charge on any atom is 0.295 e. The average molecular weight is 418 g/mol. The normalized spacial score (nSPS) is 18.5. The summed E-state index contributed by atoms with van der Waals surface area (Å²) < 4.78 is 1.74. The fraction of sp³-hybridized carbons (Fsp3) is 0.292. The smallest absolute Gasteiger partial charge is 0.295 e. The Bertz CT molecular complexity index is 1160. The lowest BCUT2D eigenvalue weighted by molar-refractivity contribution is -0.139. The number of hydrogen-bond acceptors (Lipinski definition) is 5. The van der Waals surface area contributed by atoms with E-state index in [9.17, 15) is 14.7 Å². The zero-order valence-electron chi connectivity index (χ0n) is 17.9. The van der Waals surface area contributed by atoms with Gasteiger partial charge < -0.3 is 14.9 Å². The molecular weight excluding hydrogens is 392 g/mol. The van der Waals surface area contributed by atoms with Crippen LogP contribution in [-0.4, -0.2) is 63.2 Å². The van der Waals surface area contributed by atoms with E-state index in [2.05, 4.69) is 4.98 Å². The van der Waals surface area contributed by atoms with Crippen molar-refractivity contribution in [1.82, 2.24) is 19.2 Å². The van der Waals surface area contributed by atoms with Gasteiger partial charge in [0.05, 0.1) is 17.3 Å². The maximum atomic E-state index is 13.1. The van der Waals surface area contributed by atoms with Gasteiger partial charge in [0.2, 0.25) is 0 Å². The van der Waals surface area contributed by atoms with Gasteiger partial charge in [-0.15, -0.1) is 0 Å². The molecule has 1 unspecified atom stereocenters. The number of aromatic nitrogens is 2. The standard InChI is InChI=1S/C24H26N4O3/c1-16-20(27-14-8-7-12-18(27)25-16)22(29)19-21(17-10-5-4-6-11-17)28(24(31)23(19)30)15-9-13-26(2)3/h4-8,10-12,14,21,29H,9,13,15H2,1-3H3. The van der Waals surface area contributed by atoms with Crippen LogP contribution in [-0.2, 0) is 9.59 Å². The first kappa shape index (κ1) is 20.8. The molecule has 1 aliphatic rings. The molecule has 1 aliphatic heterocycles. The van der Waals surface area contributed by atoms with E-state index in [1.165, 1.54) is 0 Å². The molecule has 31 heavy (non-hydrogen) atoms. The molecule has 1 aromatic carbocycles. The van der Waals surface area contributed by atoms with Gasteiger partial charge in [0, 0.05) is 12.7 Å². The Morgan fingerprint density at radius 2 is 1.81 bits per heavy atom. The molecule has 3 aromatic rings. The summed E-state index contributed by atoms with van der Waals surface area (Å²) in [6.45, 7) is 2.99. The van der Waals surface area contributed by atoms with E-state index in [0.29, 0.717) is 23.6 Å². The van der Waals surface area contributed by atoms with Crippen LogP contribution in [0.3, 0.4) is 0 Å². The molecule has 1 fully saturated rings. The van der Waals surface area contributed by atoms with Crippen LogP contribution in [0, 0.1) is 6.92 Å². The molecule has 0 spiro atoms. The summed E-state index contributed by atoms with van der Waals surface area (Å²) >= 11 is 0. The molecule has 1 saturated heterocycles. The lowest BCUT2D eigenvalue weighted by atomic mass is 9.96. The number of ketones is 1. The van der Waals surface area contributed by atoms with Crippen molar-refractivity contribution in [3.63, 3.8) is 0 Å². The van der Waals surface area contributed by atoms with E-state index in [1.807, 2.05) is 67.5 Å². The fourth-order valence-corrected chi connectivity index (χ4v) is 4.18. The number of carbonyl (C=O) groups is 2. The van der Waals surface area contributed by atoms with Crippen LogP contribution in [0.2, 0.25) is 0 Å². The minimum absolute atomic E-state index is 0.106. The van der Waals surface area contributed by atoms with Crippen LogP contribution in [0.1, 0.15) is 29.4 Å². The summed E-state index contributed by atoms with van der Waals surface area (Å²) in [6, 6.07) is 14.3.